The van der Waals surface area contributed by atoms with E-state index in [1.807, 2.05) is 30.3 Å². The Balaban J connectivity index is 2.53. The van der Waals surface area contributed by atoms with E-state index < -0.39 is 0 Å². The molecule has 0 unspecified atom stereocenters. The maximum atomic E-state index is 9.75. The first-order valence-electron chi connectivity index (χ1n) is 7.49. The summed E-state index contributed by atoms with van der Waals surface area (Å²) in [4.78, 5) is 0. The molecule has 0 aliphatic rings. The van der Waals surface area contributed by atoms with Gasteiger partial charge in [-0.3, -0.25) is 0 Å². The zero-order valence-corrected chi connectivity index (χ0v) is 13.3. The van der Waals surface area contributed by atoms with Gasteiger partial charge in [-0.2, -0.15) is 0 Å². The van der Waals surface area contributed by atoms with Crippen molar-refractivity contribution in [1.29, 1.82) is 0 Å². The van der Waals surface area contributed by atoms with Crippen molar-refractivity contribution in [1.82, 2.24) is 0 Å². The first-order chi connectivity index (χ1) is 10.6. The van der Waals surface area contributed by atoms with Crippen molar-refractivity contribution in [2.75, 3.05) is 7.11 Å². The van der Waals surface area contributed by atoms with Crippen LogP contribution in [-0.2, 0) is 0 Å². The van der Waals surface area contributed by atoms with Crippen LogP contribution in [0.15, 0.2) is 42.5 Å². The maximum Gasteiger partial charge on any atom is 0.157 e. The van der Waals surface area contributed by atoms with Gasteiger partial charge >= 0.3 is 0 Å². The van der Waals surface area contributed by atoms with Gasteiger partial charge in [0, 0.05) is 0 Å². The van der Waals surface area contributed by atoms with Gasteiger partial charge in [0.15, 0.2) is 11.5 Å². The van der Waals surface area contributed by atoms with Gasteiger partial charge in [0.1, 0.15) is 5.75 Å². The molecule has 0 spiro atoms. The average Bonchev–Trinajstić information content (AvgIpc) is 2.55. The molecule has 0 aromatic heterocycles. The monoisotopic (exact) mass is 298 g/mol. The van der Waals surface area contributed by atoms with Crippen molar-refractivity contribution in [3.8, 4) is 17.2 Å². The molecular weight excluding hydrogens is 276 g/mol. The fourth-order valence-corrected chi connectivity index (χ4v) is 2.69. The average molecular weight is 298 g/mol. The third-order valence-electron chi connectivity index (χ3n) is 3.83. The van der Waals surface area contributed by atoms with Crippen molar-refractivity contribution in [2.24, 2.45) is 0 Å². The number of aromatic hydroxyl groups is 2. The van der Waals surface area contributed by atoms with E-state index in [9.17, 15) is 10.2 Å². The van der Waals surface area contributed by atoms with Crippen molar-refractivity contribution in [3.05, 3.63) is 53.6 Å². The Morgan fingerprint density at radius 2 is 1.36 bits per heavy atom. The normalized spacial score (nSPS) is 12.0. The van der Waals surface area contributed by atoms with Crippen LogP contribution in [0.3, 0.4) is 0 Å². The summed E-state index contributed by atoms with van der Waals surface area (Å²) in [6.07, 6.45) is 1.73. The number of rotatable bonds is 5. The molecule has 3 heteroatoms. The summed E-state index contributed by atoms with van der Waals surface area (Å²) in [5, 5.41) is 19.2. The summed E-state index contributed by atoms with van der Waals surface area (Å²) in [7, 11) is 1.66. The van der Waals surface area contributed by atoms with E-state index >= 15 is 0 Å². The Kier molecular flexibility index (Phi) is 5.10. The number of hydrogen-bond donors (Lipinski definition) is 2. The quantitative estimate of drug-likeness (QED) is 0.613. The van der Waals surface area contributed by atoms with Crippen LogP contribution in [0.5, 0.6) is 17.2 Å². The lowest BCUT2D eigenvalue weighted by atomic mass is 9.91. The van der Waals surface area contributed by atoms with E-state index in [0.29, 0.717) is 0 Å². The number of phenols is 2. The number of methoxy groups -OCH3 is 1. The Hall–Kier alpha value is -2.42. The molecule has 0 atom stereocenters. The standard InChI is InChI=1S/C19H22O3/c1-4-16(13-6-9-15(22-3)10-7-13)17(5-2)14-8-11-18(20)19(21)12-14/h6-12,20-21H,4-5H2,1-3H3/b17-16+. The van der Waals surface area contributed by atoms with E-state index in [4.69, 9.17) is 4.74 Å². The number of phenolic OH excluding ortho intramolecular Hbond substituents is 2. The third kappa shape index (κ3) is 3.25. The highest BCUT2D eigenvalue weighted by Crippen LogP contribution is 2.35. The largest absolute Gasteiger partial charge is 0.504 e. The Labute approximate surface area is 131 Å². The first kappa shape index (κ1) is 16.0. The van der Waals surface area contributed by atoms with Crippen LogP contribution < -0.4 is 4.74 Å². The molecule has 0 saturated carbocycles. The predicted octanol–water partition coefficient (Wildman–Crippen LogP) is 4.84. The van der Waals surface area contributed by atoms with Crippen LogP contribution in [0.4, 0.5) is 0 Å². The molecule has 116 valence electrons. The highest BCUT2D eigenvalue weighted by Gasteiger charge is 2.11. The summed E-state index contributed by atoms with van der Waals surface area (Å²) in [6.45, 7) is 4.22. The van der Waals surface area contributed by atoms with E-state index in [0.717, 1.165) is 29.7 Å². The molecule has 2 rings (SSSR count). The number of hydrogen-bond acceptors (Lipinski definition) is 3. The molecule has 2 aromatic rings. The first-order valence-corrected chi connectivity index (χ1v) is 7.49. The van der Waals surface area contributed by atoms with Crippen LogP contribution in [-0.4, -0.2) is 17.3 Å². The van der Waals surface area contributed by atoms with Crippen LogP contribution in [0.1, 0.15) is 37.8 Å². The van der Waals surface area contributed by atoms with E-state index in [-0.39, 0.29) is 11.5 Å². The molecular formula is C19H22O3. The SMILES string of the molecule is CC/C(=C(/CC)c1ccc(O)c(O)c1)c1ccc(OC)cc1. The minimum Gasteiger partial charge on any atom is -0.504 e. The van der Waals surface area contributed by atoms with Crippen molar-refractivity contribution in [3.63, 3.8) is 0 Å². The Bertz CT molecular complexity index is 670. The minimum atomic E-state index is -0.0956. The highest BCUT2D eigenvalue weighted by atomic mass is 16.5. The van der Waals surface area contributed by atoms with Gasteiger partial charge in [0.05, 0.1) is 7.11 Å². The van der Waals surface area contributed by atoms with E-state index in [2.05, 4.69) is 13.8 Å². The molecule has 0 bridgehead atoms. The molecule has 0 radical (unpaired) electrons. The Morgan fingerprint density at radius 1 is 0.818 bits per heavy atom. The van der Waals surface area contributed by atoms with Gasteiger partial charge in [-0.05, 0) is 59.4 Å². The Morgan fingerprint density at radius 3 is 1.86 bits per heavy atom. The minimum absolute atomic E-state index is 0.0892. The molecule has 3 nitrogen and oxygen atoms in total. The molecule has 2 N–H and O–H groups in total. The lowest BCUT2D eigenvalue weighted by molar-refractivity contribution is 0.403. The molecule has 0 heterocycles. The van der Waals surface area contributed by atoms with Crippen molar-refractivity contribution >= 4 is 11.1 Å². The number of allylic oxidation sites excluding steroid dienone is 2. The number of ether oxygens (including phenoxy) is 1. The van der Waals surface area contributed by atoms with Crippen LogP contribution in [0.2, 0.25) is 0 Å². The van der Waals surface area contributed by atoms with Gasteiger partial charge in [-0.25, -0.2) is 0 Å². The smallest absolute Gasteiger partial charge is 0.157 e. The summed E-state index contributed by atoms with van der Waals surface area (Å²) < 4.78 is 5.21. The summed E-state index contributed by atoms with van der Waals surface area (Å²) in [5.74, 6) is 0.648. The van der Waals surface area contributed by atoms with Crippen LogP contribution in [0, 0.1) is 0 Å². The van der Waals surface area contributed by atoms with E-state index in [1.165, 1.54) is 17.2 Å². The highest BCUT2D eigenvalue weighted by molar-refractivity contribution is 5.91. The van der Waals surface area contributed by atoms with E-state index in [1.54, 1.807) is 13.2 Å². The molecule has 0 aliphatic carbocycles. The molecule has 0 aliphatic heterocycles. The summed E-state index contributed by atoms with van der Waals surface area (Å²) in [6, 6.07) is 13.0. The fraction of sp³-hybridized carbons (Fsp3) is 0.263. The fourth-order valence-electron chi connectivity index (χ4n) is 2.69. The second kappa shape index (κ2) is 7.03. The lowest BCUT2D eigenvalue weighted by Gasteiger charge is -2.15. The predicted molar refractivity (Wildman–Crippen MR) is 90.2 cm³/mol. The van der Waals surface area contributed by atoms with Gasteiger partial charge in [-0.15, -0.1) is 0 Å². The van der Waals surface area contributed by atoms with Crippen molar-refractivity contribution in [2.45, 2.75) is 26.7 Å². The number of benzene rings is 2. The molecule has 2 aromatic carbocycles. The van der Waals surface area contributed by atoms with Gasteiger partial charge < -0.3 is 14.9 Å². The summed E-state index contributed by atoms with van der Waals surface area (Å²) in [5.41, 5.74) is 4.48. The van der Waals surface area contributed by atoms with Crippen LogP contribution >= 0.6 is 0 Å². The molecule has 22 heavy (non-hydrogen) atoms. The second-order valence-corrected chi connectivity index (χ2v) is 5.10. The summed E-state index contributed by atoms with van der Waals surface area (Å²) >= 11 is 0. The second-order valence-electron chi connectivity index (χ2n) is 5.10. The topological polar surface area (TPSA) is 49.7 Å². The van der Waals surface area contributed by atoms with Gasteiger partial charge in [0.2, 0.25) is 0 Å². The maximum absolute atomic E-state index is 9.75. The van der Waals surface area contributed by atoms with Crippen molar-refractivity contribution < 1.29 is 14.9 Å². The zero-order chi connectivity index (χ0) is 16.1. The van der Waals surface area contributed by atoms with Gasteiger partial charge in [0.25, 0.3) is 0 Å². The zero-order valence-electron chi connectivity index (χ0n) is 13.3. The van der Waals surface area contributed by atoms with Crippen LogP contribution in [0.25, 0.3) is 11.1 Å². The molecule has 0 saturated heterocycles. The van der Waals surface area contributed by atoms with Gasteiger partial charge in [-0.1, -0.05) is 32.0 Å². The third-order valence-corrected chi connectivity index (χ3v) is 3.83. The molecule has 0 amide bonds. The molecule has 0 fully saturated rings. The lowest BCUT2D eigenvalue weighted by Crippen LogP contribution is -1.92.